The number of nitrogens with zero attached hydrogens (tertiary/aromatic N) is 1. The molecule has 1 N–H and O–H groups in total. The Kier molecular flexibility index (Phi) is 3.64. The molecule has 2 heteroatoms. The number of nitriles is 1. The summed E-state index contributed by atoms with van der Waals surface area (Å²) in [5.41, 5.74) is 0.914. The average Bonchev–Trinajstić information content (AvgIpc) is 2.39. The Morgan fingerprint density at radius 1 is 1.06 bits per heavy atom. The van der Waals surface area contributed by atoms with Gasteiger partial charge in [0.1, 0.15) is 0 Å². The molecule has 0 heterocycles. The third-order valence-electron chi connectivity index (χ3n) is 3.32. The lowest BCUT2D eigenvalue weighted by Gasteiger charge is -2.21. The van der Waals surface area contributed by atoms with Gasteiger partial charge in [-0.2, -0.15) is 5.26 Å². The normalized spacial score (nSPS) is 14.4. The van der Waals surface area contributed by atoms with Gasteiger partial charge >= 0.3 is 0 Å². The molecule has 92 valence electrons. The van der Waals surface area contributed by atoms with E-state index in [4.69, 9.17) is 0 Å². The van der Waals surface area contributed by atoms with Crippen molar-refractivity contribution >= 4 is 10.8 Å². The van der Waals surface area contributed by atoms with E-state index in [0.29, 0.717) is 0 Å². The number of hydrogen-bond donors (Lipinski definition) is 1. The minimum absolute atomic E-state index is 0.0635. The van der Waals surface area contributed by atoms with E-state index in [1.165, 1.54) is 0 Å². The minimum Gasteiger partial charge on any atom is -0.391 e. The van der Waals surface area contributed by atoms with E-state index in [1.807, 2.05) is 56.3 Å². The van der Waals surface area contributed by atoms with E-state index in [1.54, 1.807) is 0 Å². The van der Waals surface area contributed by atoms with Gasteiger partial charge in [-0.15, -0.1) is 0 Å². The zero-order chi connectivity index (χ0) is 13.1. The van der Waals surface area contributed by atoms with E-state index in [9.17, 15) is 10.4 Å². The number of aliphatic hydroxyl groups is 1. The number of rotatable bonds is 3. The summed E-state index contributed by atoms with van der Waals surface area (Å²) in [5, 5.41) is 21.7. The fourth-order valence-electron chi connectivity index (χ4n) is 2.24. The molecule has 0 unspecified atom stereocenters. The lowest BCUT2D eigenvalue weighted by molar-refractivity contribution is 0.113. The lowest BCUT2D eigenvalue weighted by Crippen LogP contribution is -2.23. The summed E-state index contributed by atoms with van der Waals surface area (Å²) in [6.07, 6.45) is -0.638. The van der Waals surface area contributed by atoms with Gasteiger partial charge in [0.05, 0.1) is 18.1 Å². The highest BCUT2D eigenvalue weighted by atomic mass is 16.3. The number of hydrogen-bond acceptors (Lipinski definition) is 2. The van der Waals surface area contributed by atoms with Crippen molar-refractivity contribution in [2.75, 3.05) is 0 Å². The Labute approximate surface area is 107 Å². The summed E-state index contributed by atoms with van der Waals surface area (Å²) in [5.74, 6) is -0.412. The van der Waals surface area contributed by atoms with Gasteiger partial charge < -0.3 is 5.11 Å². The van der Waals surface area contributed by atoms with Crippen LogP contribution in [0, 0.1) is 17.2 Å². The van der Waals surface area contributed by atoms with Gasteiger partial charge in [-0.1, -0.05) is 56.3 Å². The fourth-order valence-corrected chi connectivity index (χ4v) is 2.24. The third-order valence-corrected chi connectivity index (χ3v) is 3.32. The minimum atomic E-state index is -0.638. The molecule has 0 bridgehead atoms. The van der Waals surface area contributed by atoms with E-state index < -0.39 is 12.0 Å². The van der Waals surface area contributed by atoms with E-state index in [-0.39, 0.29) is 5.92 Å². The molecule has 2 aromatic rings. The summed E-state index contributed by atoms with van der Waals surface area (Å²) in [6, 6.07) is 16.1. The Morgan fingerprint density at radius 3 is 2.39 bits per heavy atom. The highest BCUT2D eigenvalue weighted by Gasteiger charge is 2.24. The molecule has 0 aliphatic rings. The summed E-state index contributed by atoms with van der Waals surface area (Å²) in [7, 11) is 0. The predicted octanol–water partition coefficient (Wildman–Crippen LogP) is 3.46. The molecule has 0 saturated carbocycles. The quantitative estimate of drug-likeness (QED) is 0.891. The zero-order valence-corrected chi connectivity index (χ0v) is 10.7. The summed E-state index contributed by atoms with van der Waals surface area (Å²) in [6.45, 7) is 3.86. The largest absolute Gasteiger partial charge is 0.391 e. The van der Waals surface area contributed by atoms with Crippen molar-refractivity contribution in [3.63, 3.8) is 0 Å². The molecule has 2 nitrogen and oxygen atoms in total. The van der Waals surface area contributed by atoms with Gasteiger partial charge in [-0.3, -0.25) is 0 Å². The third kappa shape index (κ3) is 2.23. The van der Waals surface area contributed by atoms with Gasteiger partial charge in [0.2, 0.25) is 0 Å². The van der Waals surface area contributed by atoms with Crippen LogP contribution >= 0.6 is 0 Å². The standard InChI is InChI=1S/C16H17NO/c1-11(2)16(18)15(10-17)14-9-5-7-12-6-3-4-8-13(12)14/h3-9,11,15-16,18H,1-2H3/t15-,16+/m0/s1. The highest BCUT2D eigenvalue weighted by Crippen LogP contribution is 2.29. The van der Waals surface area contributed by atoms with Crippen molar-refractivity contribution < 1.29 is 5.11 Å². The summed E-state index contributed by atoms with van der Waals surface area (Å²) in [4.78, 5) is 0. The van der Waals surface area contributed by atoms with E-state index in [0.717, 1.165) is 16.3 Å². The average molecular weight is 239 g/mol. The van der Waals surface area contributed by atoms with Gasteiger partial charge in [-0.25, -0.2) is 0 Å². The van der Waals surface area contributed by atoms with Crippen molar-refractivity contribution in [2.45, 2.75) is 25.9 Å². The Morgan fingerprint density at radius 2 is 1.72 bits per heavy atom. The molecule has 18 heavy (non-hydrogen) atoms. The SMILES string of the molecule is CC(C)[C@@H](O)[C@@H](C#N)c1cccc2ccccc12. The summed E-state index contributed by atoms with van der Waals surface area (Å²) >= 11 is 0. The maximum Gasteiger partial charge on any atom is 0.0980 e. The first kappa shape index (κ1) is 12.6. The smallest absolute Gasteiger partial charge is 0.0980 e. The number of aliphatic hydroxyl groups excluding tert-OH is 1. The second-order valence-electron chi connectivity index (χ2n) is 4.91. The maximum atomic E-state index is 10.2. The van der Waals surface area contributed by atoms with E-state index >= 15 is 0 Å². The predicted molar refractivity (Wildman–Crippen MR) is 73.1 cm³/mol. The summed E-state index contributed by atoms with van der Waals surface area (Å²) < 4.78 is 0. The molecule has 0 aromatic heterocycles. The monoisotopic (exact) mass is 239 g/mol. The molecule has 0 spiro atoms. The molecular formula is C16H17NO. The lowest BCUT2D eigenvalue weighted by atomic mass is 9.86. The van der Waals surface area contributed by atoms with Gasteiger partial charge in [0, 0.05) is 0 Å². The van der Waals surface area contributed by atoms with Crippen LogP contribution in [0.5, 0.6) is 0 Å². The number of benzene rings is 2. The van der Waals surface area contributed by atoms with Crippen LogP contribution < -0.4 is 0 Å². The van der Waals surface area contributed by atoms with Crippen LogP contribution in [0.15, 0.2) is 42.5 Å². The first-order valence-corrected chi connectivity index (χ1v) is 6.20. The van der Waals surface area contributed by atoms with Gasteiger partial charge in [0.15, 0.2) is 0 Å². The molecule has 0 radical (unpaired) electrons. The van der Waals surface area contributed by atoms with Gasteiger partial charge in [-0.05, 0) is 22.3 Å². The molecule has 2 rings (SSSR count). The van der Waals surface area contributed by atoms with Crippen LogP contribution in [0.3, 0.4) is 0 Å². The van der Waals surface area contributed by atoms with Crippen LogP contribution in [0.25, 0.3) is 10.8 Å². The first-order chi connectivity index (χ1) is 8.65. The van der Waals surface area contributed by atoms with Crippen molar-refractivity contribution in [2.24, 2.45) is 5.92 Å². The van der Waals surface area contributed by atoms with Crippen molar-refractivity contribution in [1.29, 1.82) is 5.26 Å². The second kappa shape index (κ2) is 5.20. The molecule has 0 amide bonds. The van der Waals surface area contributed by atoms with Crippen LogP contribution in [0.1, 0.15) is 25.3 Å². The fraction of sp³-hybridized carbons (Fsp3) is 0.312. The molecule has 0 aliphatic heterocycles. The Bertz CT molecular complexity index is 578. The van der Waals surface area contributed by atoms with Crippen LogP contribution in [0.2, 0.25) is 0 Å². The zero-order valence-electron chi connectivity index (χ0n) is 10.7. The van der Waals surface area contributed by atoms with Crippen molar-refractivity contribution in [1.82, 2.24) is 0 Å². The van der Waals surface area contributed by atoms with Crippen LogP contribution in [0.4, 0.5) is 0 Å². The molecule has 0 fully saturated rings. The molecule has 2 atom stereocenters. The van der Waals surface area contributed by atoms with E-state index in [2.05, 4.69) is 6.07 Å². The maximum absolute atomic E-state index is 10.2. The molecule has 0 aliphatic carbocycles. The topological polar surface area (TPSA) is 44.0 Å². The molecular weight excluding hydrogens is 222 g/mol. The Balaban J connectivity index is 2.56. The highest BCUT2D eigenvalue weighted by molar-refractivity contribution is 5.86. The van der Waals surface area contributed by atoms with Crippen LogP contribution in [-0.2, 0) is 0 Å². The first-order valence-electron chi connectivity index (χ1n) is 6.20. The molecule has 2 aromatic carbocycles. The Hall–Kier alpha value is -1.85. The van der Waals surface area contributed by atoms with Crippen LogP contribution in [-0.4, -0.2) is 11.2 Å². The number of fused-ring (bicyclic) bond motifs is 1. The van der Waals surface area contributed by atoms with Crippen molar-refractivity contribution in [3.8, 4) is 6.07 Å². The van der Waals surface area contributed by atoms with Gasteiger partial charge in [0.25, 0.3) is 0 Å². The van der Waals surface area contributed by atoms with Crippen molar-refractivity contribution in [3.05, 3.63) is 48.0 Å². The molecule has 0 saturated heterocycles. The second-order valence-corrected chi connectivity index (χ2v) is 4.91.